The summed E-state index contributed by atoms with van der Waals surface area (Å²) in [5.74, 6) is 0.728. The van der Waals surface area contributed by atoms with Gasteiger partial charge in [0.15, 0.2) is 0 Å². The molecule has 0 amide bonds. The molecule has 1 aliphatic rings. The second-order valence-electron chi connectivity index (χ2n) is 5.52. The van der Waals surface area contributed by atoms with Crippen molar-refractivity contribution in [2.75, 3.05) is 38.6 Å². The Morgan fingerprint density at radius 1 is 1.37 bits per heavy atom. The Labute approximate surface area is 120 Å². The van der Waals surface area contributed by atoms with Crippen LogP contribution in [-0.4, -0.2) is 43.7 Å². The van der Waals surface area contributed by atoms with Crippen LogP contribution in [0, 0.1) is 5.92 Å². The number of benzene rings is 1. The molecule has 1 aliphatic heterocycles. The first-order valence-electron chi connectivity index (χ1n) is 6.89. The highest BCUT2D eigenvalue weighted by molar-refractivity contribution is 6.31. The van der Waals surface area contributed by atoms with E-state index in [9.17, 15) is 5.11 Å². The maximum atomic E-state index is 9.47. The lowest BCUT2D eigenvalue weighted by Gasteiger charge is -2.33. The molecule has 0 saturated carbocycles. The third kappa shape index (κ3) is 3.62. The van der Waals surface area contributed by atoms with Crippen molar-refractivity contribution in [1.29, 1.82) is 0 Å². The molecule has 1 fully saturated rings. The molecule has 19 heavy (non-hydrogen) atoms. The fraction of sp³-hybridized carbons (Fsp3) is 0.600. The van der Waals surface area contributed by atoms with Crippen LogP contribution in [0.25, 0.3) is 0 Å². The van der Waals surface area contributed by atoms with Gasteiger partial charge in [0.05, 0.1) is 6.61 Å². The van der Waals surface area contributed by atoms with Gasteiger partial charge in [-0.15, -0.1) is 0 Å². The van der Waals surface area contributed by atoms with Crippen LogP contribution < -0.4 is 4.90 Å². The molecule has 1 N–H and O–H groups in total. The molecule has 0 aliphatic carbocycles. The van der Waals surface area contributed by atoms with Gasteiger partial charge < -0.3 is 14.9 Å². The quantitative estimate of drug-likeness (QED) is 0.920. The van der Waals surface area contributed by atoms with Gasteiger partial charge in [0, 0.05) is 29.9 Å². The third-order valence-corrected chi connectivity index (χ3v) is 4.39. The minimum Gasteiger partial charge on any atom is -0.392 e. The Bertz CT molecular complexity index is 417. The molecule has 0 spiro atoms. The van der Waals surface area contributed by atoms with E-state index in [-0.39, 0.29) is 6.61 Å². The van der Waals surface area contributed by atoms with Gasteiger partial charge >= 0.3 is 0 Å². The highest BCUT2D eigenvalue weighted by Crippen LogP contribution is 2.28. The number of aliphatic hydroxyl groups excluding tert-OH is 1. The molecule has 0 aromatic heterocycles. The minimum absolute atomic E-state index is 0.00719. The van der Waals surface area contributed by atoms with E-state index in [4.69, 9.17) is 11.6 Å². The molecule has 1 aromatic rings. The predicted octanol–water partition coefficient (Wildman–Crippen LogP) is 2.61. The summed E-state index contributed by atoms with van der Waals surface area (Å²) in [5.41, 5.74) is 1.88. The summed E-state index contributed by atoms with van der Waals surface area (Å²) >= 11 is 6.14. The van der Waals surface area contributed by atoms with Gasteiger partial charge in [-0.25, -0.2) is 0 Å². The number of nitrogens with zero attached hydrogens (tertiary/aromatic N) is 2. The van der Waals surface area contributed by atoms with Crippen LogP contribution in [0.3, 0.4) is 0 Å². The van der Waals surface area contributed by atoms with E-state index in [1.165, 1.54) is 25.9 Å². The van der Waals surface area contributed by atoms with E-state index in [1.807, 2.05) is 18.2 Å². The van der Waals surface area contributed by atoms with Gasteiger partial charge in [0.2, 0.25) is 0 Å². The molecular weight excluding hydrogens is 260 g/mol. The van der Waals surface area contributed by atoms with Gasteiger partial charge in [-0.3, -0.25) is 0 Å². The van der Waals surface area contributed by atoms with Crippen molar-refractivity contribution in [2.45, 2.75) is 19.4 Å². The Balaban J connectivity index is 2.03. The van der Waals surface area contributed by atoms with E-state index in [0.29, 0.717) is 5.02 Å². The van der Waals surface area contributed by atoms with Gasteiger partial charge in [-0.2, -0.15) is 0 Å². The van der Waals surface area contributed by atoms with Crippen molar-refractivity contribution in [3.05, 3.63) is 28.8 Å². The summed E-state index contributed by atoms with van der Waals surface area (Å²) in [6.45, 7) is 3.38. The maximum Gasteiger partial charge on any atom is 0.0716 e. The normalized spacial score (nSPS) is 17.7. The number of anilines is 1. The zero-order chi connectivity index (χ0) is 13.8. The third-order valence-electron chi connectivity index (χ3n) is 4.03. The maximum absolute atomic E-state index is 9.47. The van der Waals surface area contributed by atoms with E-state index in [1.54, 1.807) is 0 Å². The Hall–Kier alpha value is -0.770. The van der Waals surface area contributed by atoms with E-state index < -0.39 is 0 Å². The second-order valence-corrected chi connectivity index (χ2v) is 5.93. The molecule has 1 aromatic carbocycles. The van der Waals surface area contributed by atoms with Crippen LogP contribution in [0.5, 0.6) is 0 Å². The average molecular weight is 283 g/mol. The minimum atomic E-state index is -0.00719. The summed E-state index contributed by atoms with van der Waals surface area (Å²) in [6.07, 6.45) is 2.49. The van der Waals surface area contributed by atoms with Crippen LogP contribution in [0.15, 0.2) is 18.2 Å². The lowest BCUT2D eigenvalue weighted by Crippen LogP contribution is -2.36. The molecule has 3 nitrogen and oxygen atoms in total. The summed E-state index contributed by atoms with van der Waals surface area (Å²) < 4.78 is 0. The lowest BCUT2D eigenvalue weighted by atomic mass is 9.96. The molecule has 0 radical (unpaired) electrons. The lowest BCUT2D eigenvalue weighted by molar-refractivity contribution is 0.222. The van der Waals surface area contributed by atoms with E-state index in [2.05, 4.69) is 23.9 Å². The number of rotatable bonds is 4. The van der Waals surface area contributed by atoms with Gasteiger partial charge in [-0.05, 0) is 51.0 Å². The Kier molecular flexibility index (Phi) is 5.08. The fourth-order valence-corrected chi connectivity index (χ4v) is 3.02. The van der Waals surface area contributed by atoms with Crippen molar-refractivity contribution < 1.29 is 5.11 Å². The number of halogens is 1. The summed E-state index contributed by atoms with van der Waals surface area (Å²) in [4.78, 5) is 4.61. The van der Waals surface area contributed by atoms with Crippen LogP contribution in [0.4, 0.5) is 5.69 Å². The first-order valence-corrected chi connectivity index (χ1v) is 7.27. The largest absolute Gasteiger partial charge is 0.392 e. The van der Waals surface area contributed by atoms with Crippen molar-refractivity contribution in [2.24, 2.45) is 5.92 Å². The first kappa shape index (κ1) is 14.6. The Morgan fingerprint density at radius 2 is 2.05 bits per heavy atom. The molecule has 2 rings (SSSR count). The topological polar surface area (TPSA) is 26.7 Å². The molecule has 106 valence electrons. The van der Waals surface area contributed by atoms with Gasteiger partial charge in [-0.1, -0.05) is 17.7 Å². The molecule has 1 heterocycles. The molecule has 1 saturated heterocycles. The number of aliphatic hydroxyl groups is 1. The monoisotopic (exact) mass is 282 g/mol. The zero-order valence-corrected chi connectivity index (χ0v) is 12.5. The van der Waals surface area contributed by atoms with Crippen molar-refractivity contribution in [1.82, 2.24) is 4.90 Å². The van der Waals surface area contributed by atoms with Gasteiger partial charge in [0.1, 0.15) is 0 Å². The van der Waals surface area contributed by atoms with Crippen LogP contribution in [0.2, 0.25) is 5.02 Å². The van der Waals surface area contributed by atoms with Crippen LogP contribution in [-0.2, 0) is 6.61 Å². The number of piperidine rings is 1. The van der Waals surface area contributed by atoms with E-state index in [0.717, 1.165) is 23.7 Å². The fourth-order valence-electron chi connectivity index (χ4n) is 2.79. The van der Waals surface area contributed by atoms with Crippen molar-refractivity contribution >= 4 is 17.3 Å². The molecule has 0 bridgehead atoms. The van der Waals surface area contributed by atoms with Crippen LogP contribution >= 0.6 is 11.6 Å². The van der Waals surface area contributed by atoms with E-state index >= 15 is 0 Å². The zero-order valence-electron chi connectivity index (χ0n) is 11.8. The van der Waals surface area contributed by atoms with Crippen molar-refractivity contribution in [3.63, 3.8) is 0 Å². The molecular formula is C15H23ClN2O. The SMILES string of the molecule is CN1CCC(CN(C)c2cccc(Cl)c2CO)CC1. The summed E-state index contributed by atoms with van der Waals surface area (Å²) in [5, 5.41) is 10.1. The number of hydrogen-bond acceptors (Lipinski definition) is 3. The van der Waals surface area contributed by atoms with Crippen LogP contribution in [0.1, 0.15) is 18.4 Å². The standard InChI is InChI=1S/C15H23ClN2O/c1-17-8-6-12(7-9-17)10-18(2)15-5-3-4-14(16)13(15)11-19/h3-5,12,19H,6-11H2,1-2H3. The Morgan fingerprint density at radius 3 is 2.68 bits per heavy atom. The number of hydrogen-bond donors (Lipinski definition) is 1. The highest BCUT2D eigenvalue weighted by atomic mass is 35.5. The molecule has 0 unspecified atom stereocenters. The molecule has 0 atom stereocenters. The highest BCUT2D eigenvalue weighted by Gasteiger charge is 2.19. The number of likely N-dealkylation sites (tertiary alicyclic amines) is 1. The first-order chi connectivity index (χ1) is 9.11. The van der Waals surface area contributed by atoms with Crippen molar-refractivity contribution in [3.8, 4) is 0 Å². The summed E-state index contributed by atoms with van der Waals surface area (Å²) in [6, 6.07) is 5.81. The average Bonchev–Trinajstić information content (AvgIpc) is 2.41. The van der Waals surface area contributed by atoms with Gasteiger partial charge in [0.25, 0.3) is 0 Å². The predicted molar refractivity (Wildman–Crippen MR) is 80.9 cm³/mol. The summed E-state index contributed by atoms with van der Waals surface area (Å²) in [7, 11) is 4.27. The second kappa shape index (κ2) is 6.60. The molecule has 4 heteroatoms. The smallest absolute Gasteiger partial charge is 0.0716 e.